The molecule has 0 saturated carbocycles. The predicted octanol–water partition coefficient (Wildman–Crippen LogP) is 3.28. The van der Waals surface area contributed by atoms with Gasteiger partial charge >= 0.3 is 0 Å². The van der Waals surface area contributed by atoms with Gasteiger partial charge in [0.05, 0.1) is 5.56 Å². The van der Waals surface area contributed by atoms with Crippen LogP contribution in [0.1, 0.15) is 30.6 Å². The average molecular weight is 364 g/mol. The Bertz CT molecular complexity index is 660. The van der Waals surface area contributed by atoms with Crippen molar-refractivity contribution in [2.75, 3.05) is 19.7 Å². The van der Waals surface area contributed by atoms with Crippen molar-refractivity contribution in [1.29, 1.82) is 0 Å². The summed E-state index contributed by atoms with van der Waals surface area (Å²) >= 11 is 0. The minimum atomic E-state index is -0.478. The Balaban J connectivity index is 0.00000312. The van der Waals surface area contributed by atoms with E-state index in [2.05, 4.69) is 24.1 Å². The Hall–Kier alpha value is -2.11. The van der Waals surface area contributed by atoms with Crippen LogP contribution in [0.5, 0.6) is 5.75 Å². The van der Waals surface area contributed by atoms with Crippen molar-refractivity contribution in [2.45, 2.75) is 20.3 Å². The third kappa shape index (κ3) is 7.11. The van der Waals surface area contributed by atoms with Crippen molar-refractivity contribution in [2.24, 2.45) is 11.7 Å². The third-order valence-corrected chi connectivity index (χ3v) is 3.66. The Morgan fingerprint density at radius 1 is 1.16 bits per heavy atom. The molecule has 2 rings (SSSR count). The van der Waals surface area contributed by atoms with Gasteiger partial charge in [-0.15, -0.1) is 12.4 Å². The molecular formula is C19H26ClN3O2. The number of primary amides is 1. The number of halogens is 1. The quantitative estimate of drug-likeness (QED) is 0.670. The van der Waals surface area contributed by atoms with Gasteiger partial charge in [-0.3, -0.25) is 9.78 Å². The number of pyridine rings is 1. The standard InChI is InChI=1S/C19H25N3O2.ClH/c1-14(2)7-8-21-9-10-24-18-5-3-15(4-6-18)16-11-17(19(20)23)13-22-12-16;/h3-6,11-14,21H,7-10H2,1-2H3,(H2,20,23);1H. The molecule has 1 amide bonds. The maximum atomic E-state index is 11.2. The molecule has 2 aromatic rings. The summed E-state index contributed by atoms with van der Waals surface area (Å²) in [5.74, 6) is 1.06. The fourth-order valence-electron chi connectivity index (χ4n) is 2.23. The molecule has 0 bridgehead atoms. The summed E-state index contributed by atoms with van der Waals surface area (Å²) in [4.78, 5) is 15.3. The first-order valence-corrected chi connectivity index (χ1v) is 8.25. The highest BCUT2D eigenvalue weighted by Crippen LogP contribution is 2.22. The zero-order valence-corrected chi connectivity index (χ0v) is 15.5. The average Bonchev–Trinajstić information content (AvgIpc) is 2.58. The third-order valence-electron chi connectivity index (χ3n) is 3.66. The summed E-state index contributed by atoms with van der Waals surface area (Å²) in [7, 11) is 0. The minimum absolute atomic E-state index is 0. The predicted molar refractivity (Wildman–Crippen MR) is 103 cm³/mol. The molecule has 0 aliphatic carbocycles. The molecule has 0 fully saturated rings. The first-order valence-electron chi connectivity index (χ1n) is 8.25. The number of amides is 1. The van der Waals surface area contributed by atoms with E-state index >= 15 is 0 Å². The van der Waals surface area contributed by atoms with E-state index in [0.29, 0.717) is 18.1 Å². The van der Waals surface area contributed by atoms with E-state index in [4.69, 9.17) is 10.5 Å². The second-order valence-corrected chi connectivity index (χ2v) is 6.13. The van der Waals surface area contributed by atoms with Crippen LogP contribution in [-0.4, -0.2) is 30.6 Å². The van der Waals surface area contributed by atoms with Crippen molar-refractivity contribution < 1.29 is 9.53 Å². The van der Waals surface area contributed by atoms with E-state index in [-0.39, 0.29) is 12.4 Å². The molecule has 1 aromatic heterocycles. The number of nitrogens with two attached hydrogens (primary N) is 1. The SMILES string of the molecule is CC(C)CCNCCOc1ccc(-c2cncc(C(N)=O)c2)cc1.Cl. The van der Waals surface area contributed by atoms with Gasteiger partial charge in [0.2, 0.25) is 5.91 Å². The smallest absolute Gasteiger partial charge is 0.250 e. The lowest BCUT2D eigenvalue weighted by molar-refractivity contribution is 0.1000. The molecule has 3 N–H and O–H groups in total. The minimum Gasteiger partial charge on any atom is -0.492 e. The first-order chi connectivity index (χ1) is 11.6. The maximum absolute atomic E-state index is 11.2. The van der Waals surface area contributed by atoms with Crippen LogP contribution < -0.4 is 15.8 Å². The molecule has 0 unspecified atom stereocenters. The maximum Gasteiger partial charge on any atom is 0.250 e. The number of hydrogen-bond donors (Lipinski definition) is 2. The van der Waals surface area contributed by atoms with Crippen LogP contribution in [0.25, 0.3) is 11.1 Å². The molecule has 6 heteroatoms. The summed E-state index contributed by atoms with van der Waals surface area (Å²) in [5, 5.41) is 3.36. The molecule has 25 heavy (non-hydrogen) atoms. The summed E-state index contributed by atoms with van der Waals surface area (Å²) in [6.07, 6.45) is 4.35. The highest BCUT2D eigenvalue weighted by Gasteiger charge is 2.04. The molecule has 0 saturated heterocycles. The van der Waals surface area contributed by atoms with Crippen LogP contribution in [0.3, 0.4) is 0 Å². The zero-order chi connectivity index (χ0) is 17.4. The molecule has 0 radical (unpaired) electrons. The van der Waals surface area contributed by atoms with Crippen molar-refractivity contribution in [1.82, 2.24) is 10.3 Å². The number of nitrogens with zero attached hydrogens (tertiary/aromatic N) is 1. The Kier molecular flexibility index (Phi) is 8.95. The van der Waals surface area contributed by atoms with Crippen molar-refractivity contribution in [3.05, 3.63) is 48.3 Å². The number of rotatable bonds is 9. The molecule has 1 heterocycles. The first kappa shape index (κ1) is 20.9. The van der Waals surface area contributed by atoms with Crippen molar-refractivity contribution in [3.63, 3.8) is 0 Å². The van der Waals surface area contributed by atoms with Gasteiger partial charge in [-0.05, 0) is 42.6 Å². The fraction of sp³-hybridized carbons (Fsp3) is 0.368. The number of carbonyl (C=O) groups excluding carboxylic acids is 1. The van der Waals surface area contributed by atoms with Gasteiger partial charge in [0.1, 0.15) is 12.4 Å². The van der Waals surface area contributed by atoms with Gasteiger partial charge in [0.25, 0.3) is 0 Å². The second-order valence-electron chi connectivity index (χ2n) is 6.13. The van der Waals surface area contributed by atoms with Crippen molar-refractivity contribution >= 4 is 18.3 Å². The molecule has 0 aliphatic rings. The molecule has 136 valence electrons. The Labute approximate surface area is 155 Å². The summed E-state index contributed by atoms with van der Waals surface area (Å²) < 4.78 is 5.71. The monoisotopic (exact) mass is 363 g/mol. The largest absolute Gasteiger partial charge is 0.492 e. The van der Waals surface area contributed by atoms with E-state index in [1.54, 1.807) is 12.3 Å². The second kappa shape index (κ2) is 10.7. The lowest BCUT2D eigenvalue weighted by Crippen LogP contribution is -2.22. The molecule has 0 aliphatic heterocycles. The number of carbonyl (C=O) groups is 1. The molecule has 0 spiro atoms. The molecule has 5 nitrogen and oxygen atoms in total. The van der Waals surface area contributed by atoms with E-state index < -0.39 is 5.91 Å². The molecule has 1 aromatic carbocycles. The van der Waals surface area contributed by atoms with Crippen LogP contribution in [0.15, 0.2) is 42.7 Å². The summed E-state index contributed by atoms with van der Waals surface area (Å²) in [5.41, 5.74) is 7.51. The van der Waals surface area contributed by atoms with Gasteiger partial charge in [-0.25, -0.2) is 0 Å². The highest BCUT2D eigenvalue weighted by atomic mass is 35.5. The number of nitrogens with one attached hydrogen (secondary N) is 1. The lowest BCUT2D eigenvalue weighted by atomic mass is 10.1. The van der Waals surface area contributed by atoms with Crippen LogP contribution in [0.4, 0.5) is 0 Å². The van der Waals surface area contributed by atoms with E-state index in [1.807, 2.05) is 24.3 Å². The molecular weight excluding hydrogens is 338 g/mol. The van der Waals surface area contributed by atoms with E-state index in [0.717, 1.165) is 30.0 Å². The highest BCUT2D eigenvalue weighted by molar-refractivity contribution is 5.93. The zero-order valence-electron chi connectivity index (χ0n) is 14.7. The fourth-order valence-corrected chi connectivity index (χ4v) is 2.23. The van der Waals surface area contributed by atoms with Crippen molar-refractivity contribution in [3.8, 4) is 16.9 Å². The van der Waals surface area contributed by atoms with Gasteiger partial charge in [0.15, 0.2) is 0 Å². The van der Waals surface area contributed by atoms with Crippen LogP contribution in [-0.2, 0) is 0 Å². The van der Waals surface area contributed by atoms with E-state index in [1.165, 1.54) is 12.6 Å². The topological polar surface area (TPSA) is 77.2 Å². The van der Waals surface area contributed by atoms with Gasteiger partial charge in [0, 0.05) is 24.5 Å². The van der Waals surface area contributed by atoms with Gasteiger partial charge in [-0.1, -0.05) is 26.0 Å². The van der Waals surface area contributed by atoms with E-state index in [9.17, 15) is 4.79 Å². The normalized spacial score (nSPS) is 10.4. The number of hydrogen-bond acceptors (Lipinski definition) is 4. The summed E-state index contributed by atoms with van der Waals surface area (Å²) in [6, 6.07) is 9.47. The van der Waals surface area contributed by atoms with Gasteiger partial charge in [-0.2, -0.15) is 0 Å². The number of aromatic nitrogens is 1. The summed E-state index contributed by atoms with van der Waals surface area (Å²) in [6.45, 7) is 6.92. The number of ether oxygens (including phenoxy) is 1. The Morgan fingerprint density at radius 2 is 1.88 bits per heavy atom. The molecule has 0 atom stereocenters. The van der Waals surface area contributed by atoms with Crippen LogP contribution in [0, 0.1) is 5.92 Å². The van der Waals surface area contributed by atoms with Gasteiger partial charge < -0.3 is 15.8 Å². The number of benzene rings is 1. The Morgan fingerprint density at radius 3 is 2.52 bits per heavy atom. The van der Waals surface area contributed by atoms with Crippen LogP contribution >= 0.6 is 12.4 Å². The van der Waals surface area contributed by atoms with Crippen LogP contribution in [0.2, 0.25) is 0 Å². The lowest BCUT2D eigenvalue weighted by Gasteiger charge is -2.09.